The molecule has 0 amide bonds. The first-order valence-corrected chi connectivity index (χ1v) is 10.2. The number of hydrogen-bond acceptors (Lipinski definition) is 0. The van der Waals surface area contributed by atoms with Gasteiger partial charge in [0, 0.05) is 0 Å². The van der Waals surface area contributed by atoms with Crippen LogP contribution in [0.5, 0.6) is 0 Å². The third-order valence-electron chi connectivity index (χ3n) is 6.17. The molecule has 2 rings (SSSR count). The summed E-state index contributed by atoms with van der Waals surface area (Å²) in [7, 11) is 0. The Labute approximate surface area is 162 Å². The average Bonchev–Trinajstić information content (AvgIpc) is 2.48. The lowest BCUT2D eigenvalue weighted by atomic mass is 9.75. The van der Waals surface area contributed by atoms with Crippen LogP contribution in [0.1, 0.15) is 86.1 Å². The van der Waals surface area contributed by atoms with Crippen LogP contribution in [0.25, 0.3) is 10.8 Å². The van der Waals surface area contributed by atoms with Gasteiger partial charge in [0.2, 0.25) is 0 Å². The van der Waals surface area contributed by atoms with Crippen LogP contribution in [0.3, 0.4) is 0 Å². The van der Waals surface area contributed by atoms with Crippen LogP contribution in [0.4, 0.5) is 0 Å². The standard InChI is InChI=1S/C26H40/c1-15-17(3)21(13-25(7,8)9)24-20(6)16(2)18(4)22(14-26(10,11)12)23(24)19(15)5/h13-14H2,1-12H3. The number of rotatable bonds is 2. The second kappa shape index (κ2) is 6.70. The van der Waals surface area contributed by atoms with Gasteiger partial charge < -0.3 is 0 Å². The number of benzene rings is 2. The van der Waals surface area contributed by atoms with Gasteiger partial charge in [-0.15, -0.1) is 0 Å². The molecule has 26 heavy (non-hydrogen) atoms. The van der Waals surface area contributed by atoms with Crippen molar-refractivity contribution in [2.45, 2.75) is 95.9 Å². The molecule has 0 saturated carbocycles. The predicted molar refractivity (Wildman–Crippen MR) is 119 cm³/mol. The third-order valence-corrected chi connectivity index (χ3v) is 6.17. The molecule has 0 heterocycles. The second-order valence-electron chi connectivity index (χ2n) is 10.9. The summed E-state index contributed by atoms with van der Waals surface area (Å²) < 4.78 is 0. The molecule has 0 unspecified atom stereocenters. The Bertz CT molecular complexity index is 776. The average molecular weight is 353 g/mol. The zero-order chi connectivity index (χ0) is 20.2. The van der Waals surface area contributed by atoms with Crippen LogP contribution < -0.4 is 0 Å². The van der Waals surface area contributed by atoms with Crippen molar-refractivity contribution in [1.29, 1.82) is 0 Å². The van der Waals surface area contributed by atoms with Crippen LogP contribution in [0, 0.1) is 52.4 Å². The van der Waals surface area contributed by atoms with Crippen molar-refractivity contribution in [3.8, 4) is 0 Å². The van der Waals surface area contributed by atoms with E-state index in [1.807, 2.05) is 0 Å². The van der Waals surface area contributed by atoms with Crippen LogP contribution >= 0.6 is 0 Å². The predicted octanol–water partition coefficient (Wildman–Crippen LogP) is 7.87. The van der Waals surface area contributed by atoms with Crippen molar-refractivity contribution in [2.75, 3.05) is 0 Å². The minimum Gasteiger partial charge on any atom is -0.0599 e. The normalized spacial score (nSPS) is 12.9. The van der Waals surface area contributed by atoms with Gasteiger partial charge in [-0.2, -0.15) is 0 Å². The molecular weight excluding hydrogens is 312 g/mol. The van der Waals surface area contributed by atoms with E-state index in [9.17, 15) is 0 Å². The maximum Gasteiger partial charge on any atom is -0.0111 e. The van der Waals surface area contributed by atoms with Gasteiger partial charge in [0.25, 0.3) is 0 Å². The molecule has 0 aliphatic carbocycles. The molecule has 0 aliphatic heterocycles. The largest absolute Gasteiger partial charge is 0.0599 e. The van der Waals surface area contributed by atoms with Gasteiger partial charge in [-0.05, 0) is 120 Å². The van der Waals surface area contributed by atoms with Crippen molar-refractivity contribution in [2.24, 2.45) is 10.8 Å². The lowest BCUT2D eigenvalue weighted by Gasteiger charge is -2.29. The molecule has 0 bridgehead atoms. The maximum absolute atomic E-state index is 2.36. The van der Waals surface area contributed by atoms with Crippen molar-refractivity contribution in [3.63, 3.8) is 0 Å². The third kappa shape index (κ3) is 3.85. The van der Waals surface area contributed by atoms with Crippen LogP contribution in [-0.2, 0) is 12.8 Å². The SMILES string of the molecule is Cc1c(C)c(CC(C)(C)C)c2c(C)c(C)c(C)c(CC(C)(C)C)c2c1C. The molecule has 0 atom stereocenters. The van der Waals surface area contributed by atoms with Gasteiger partial charge >= 0.3 is 0 Å². The van der Waals surface area contributed by atoms with Crippen molar-refractivity contribution in [3.05, 3.63) is 44.5 Å². The van der Waals surface area contributed by atoms with Crippen LogP contribution in [-0.4, -0.2) is 0 Å². The molecule has 0 nitrogen and oxygen atoms in total. The number of aryl methyl sites for hydroxylation is 2. The Morgan fingerprint density at radius 2 is 0.692 bits per heavy atom. The smallest absolute Gasteiger partial charge is 0.0111 e. The van der Waals surface area contributed by atoms with E-state index >= 15 is 0 Å². The van der Waals surface area contributed by atoms with Gasteiger partial charge in [-0.3, -0.25) is 0 Å². The van der Waals surface area contributed by atoms with E-state index in [2.05, 4.69) is 83.1 Å². The minimum absolute atomic E-state index is 0.287. The van der Waals surface area contributed by atoms with Crippen LogP contribution in [0.2, 0.25) is 0 Å². The van der Waals surface area contributed by atoms with Crippen molar-refractivity contribution in [1.82, 2.24) is 0 Å². The van der Waals surface area contributed by atoms with E-state index in [-0.39, 0.29) is 10.8 Å². The molecule has 0 saturated heterocycles. The lowest BCUT2D eigenvalue weighted by Crippen LogP contribution is -2.16. The minimum atomic E-state index is 0.287. The fraction of sp³-hybridized carbons (Fsp3) is 0.615. The molecule has 0 spiro atoms. The highest BCUT2D eigenvalue weighted by Gasteiger charge is 2.25. The quantitative estimate of drug-likeness (QED) is 0.516. The molecule has 0 fully saturated rings. The first-order chi connectivity index (χ1) is 11.7. The van der Waals surface area contributed by atoms with E-state index in [1.165, 1.54) is 33.4 Å². The van der Waals surface area contributed by atoms with Gasteiger partial charge in [0.05, 0.1) is 0 Å². The summed E-state index contributed by atoms with van der Waals surface area (Å²) >= 11 is 0. The van der Waals surface area contributed by atoms with Crippen LogP contribution in [0.15, 0.2) is 0 Å². The number of hydrogen-bond donors (Lipinski definition) is 0. The second-order valence-corrected chi connectivity index (χ2v) is 10.9. The summed E-state index contributed by atoms with van der Waals surface area (Å²) in [5, 5.41) is 3.09. The summed E-state index contributed by atoms with van der Waals surface area (Å²) in [5.41, 5.74) is 12.7. The van der Waals surface area contributed by atoms with Gasteiger partial charge in [0.1, 0.15) is 0 Å². The van der Waals surface area contributed by atoms with Crippen molar-refractivity contribution < 1.29 is 0 Å². The Balaban J connectivity index is 3.08. The molecule has 2 aromatic rings. The topological polar surface area (TPSA) is 0 Å². The zero-order valence-electron chi connectivity index (χ0n) is 19.4. The van der Waals surface area contributed by atoms with Gasteiger partial charge in [-0.25, -0.2) is 0 Å². The molecule has 2 aromatic carbocycles. The summed E-state index contributed by atoms with van der Waals surface area (Å²) in [6.45, 7) is 28.2. The Morgan fingerprint density at radius 1 is 0.423 bits per heavy atom. The van der Waals surface area contributed by atoms with E-state index in [0.29, 0.717) is 0 Å². The molecule has 0 aromatic heterocycles. The fourth-order valence-corrected chi connectivity index (χ4v) is 4.40. The monoisotopic (exact) mass is 352 g/mol. The summed E-state index contributed by atoms with van der Waals surface area (Å²) in [6, 6.07) is 0. The highest BCUT2D eigenvalue weighted by Crippen LogP contribution is 2.41. The fourth-order valence-electron chi connectivity index (χ4n) is 4.40. The molecule has 144 valence electrons. The first kappa shape index (κ1) is 21.0. The van der Waals surface area contributed by atoms with Gasteiger partial charge in [-0.1, -0.05) is 41.5 Å². The van der Waals surface area contributed by atoms with Crippen molar-refractivity contribution >= 4 is 10.8 Å². The summed E-state index contributed by atoms with van der Waals surface area (Å²) in [5.74, 6) is 0. The van der Waals surface area contributed by atoms with E-state index < -0.39 is 0 Å². The molecular formula is C26H40. The molecule has 0 radical (unpaired) electrons. The first-order valence-electron chi connectivity index (χ1n) is 10.2. The molecule has 0 aliphatic rings. The van der Waals surface area contributed by atoms with E-state index in [0.717, 1.165) is 12.8 Å². The summed E-state index contributed by atoms with van der Waals surface area (Å²) in [4.78, 5) is 0. The molecule has 0 N–H and O–H groups in total. The van der Waals surface area contributed by atoms with E-state index in [1.54, 1.807) is 21.9 Å². The molecule has 0 heteroatoms. The lowest BCUT2D eigenvalue weighted by molar-refractivity contribution is 0.410. The Morgan fingerprint density at radius 3 is 0.923 bits per heavy atom. The Kier molecular flexibility index (Phi) is 5.41. The highest BCUT2D eigenvalue weighted by atomic mass is 14.3. The summed E-state index contributed by atoms with van der Waals surface area (Å²) in [6.07, 6.45) is 2.27. The maximum atomic E-state index is 2.36. The highest BCUT2D eigenvalue weighted by molar-refractivity contribution is 5.97. The number of fused-ring (bicyclic) bond motifs is 1. The van der Waals surface area contributed by atoms with E-state index in [4.69, 9.17) is 0 Å². The zero-order valence-corrected chi connectivity index (χ0v) is 19.4. The Hall–Kier alpha value is -1.30. The van der Waals surface area contributed by atoms with Gasteiger partial charge in [0.15, 0.2) is 0 Å².